The average Bonchev–Trinajstić information content (AvgIpc) is 2.63. The number of hydrogen-bond donors (Lipinski definition) is 0. The van der Waals surface area contributed by atoms with E-state index in [9.17, 15) is 4.79 Å². The van der Waals surface area contributed by atoms with Crippen molar-refractivity contribution in [2.75, 3.05) is 20.3 Å². The average molecular weight is 325 g/mol. The van der Waals surface area contributed by atoms with Crippen LogP contribution in [0.5, 0.6) is 5.75 Å². The number of ether oxygens (including phenoxy) is 2. The van der Waals surface area contributed by atoms with Gasteiger partial charge in [0.2, 0.25) is 5.91 Å². The van der Waals surface area contributed by atoms with E-state index >= 15 is 0 Å². The quantitative estimate of drug-likeness (QED) is 0.866. The number of benzene rings is 2. The van der Waals surface area contributed by atoms with Gasteiger partial charge in [0.1, 0.15) is 11.9 Å². The molecule has 1 heterocycles. The third-order valence-electron chi connectivity index (χ3n) is 4.52. The molecule has 4 heteroatoms. The molecule has 0 aromatic heterocycles. The number of nitrogens with zero attached hydrogens (tertiary/aromatic N) is 1. The van der Waals surface area contributed by atoms with E-state index in [1.165, 1.54) is 0 Å². The Morgan fingerprint density at radius 1 is 1.17 bits per heavy atom. The first-order chi connectivity index (χ1) is 11.7. The van der Waals surface area contributed by atoms with Crippen LogP contribution in [0.3, 0.4) is 0 Å². The molecule has 2 atom stereocenters. The Morgan fingerprint density at radius 2 is 1.88 bits per heavy atom. The smallest absolute Gasteiger partial charge is 0.227 e. The Kier molecular flexibility index (Phi) is 5.16. The van der Waals surface area contributed by atoms with Gasteiger partial charge in [0.15, 0.2) is 0 Å². The second-order valence-corrected chi connectivity index (χ2v) is 6.05. The van der Waals surface area contributed by atoms with E-state index in [4.69, 9.17) is 9.47 Å². The molecule has 2 unspecified atom stereocenters. The topological polar surface area (TPSA) is 38.8 Å². The van der Waals surface area contributed by atoms with Gasteiger partial charge in [-0.25, -0.2) is 0 Å². The summed E-state index contributed by atoms with van der Waals surface area (Å²) in [6.07, 6.45) is 0.329. The molecule has 0 saturated carbocycles. The molecule has 0 radical (unpaired) electrons. The summed E-state index contributed by atoms with van der Waals surface area (Å²) in [6.45, 7) is 3.26. The van der Waals surface area contributed by atoms with Crippen LogP contribution in [-0.4, -0.2) is 37.1 Å². The maximum absolute atomic E-state index is 12.7. The number of rotatable bonds is 4. The first-order valence-electron chi connectivity index (χ1n) is 8.28. The van der Waals surface area contributed by atoms with Gasteiger partial charge in [0, 0.05) is 6.54 Å². The number of hydrogen-bond acceptors (Lipinski definition) is 3. The van der Waals surface area contributed by atoms with Crippen LogP contribution < -0.4 is 4.74 Å². The minimum absolute atomic E-state index is 0.0203. The minimum Gasteiger partial charge on any atom is -0.497 e. The monoisotopic (exact) mass is 325 g/mol. The van der Waals surface area contributed by atoms with Gasteiger partial charge in [-0.2, -0.15) is 0 Å². The Morgan fingerprint density at radius 3 is 2.54 bits per heavy atom. The summed E-state index contributed by atoms with van der Waals surface area (Å²) in [5.74, 6) is 0.937. The maximum Gasteiger partial charge on any atom is 0.227 e. The Balaban J connectivity index is 1.69. The highest BCUT2D eigenvalue weighted by atomic mass is 16.5. The lowest BCUT2D eigenvalue weighted by Crippen LogP contribution is -2.49. The lowest BCUT2D eigenvalue weighted by atomic mass is 9.99. The highest BCUT2D eigenvalue weighted by Gasteiger charge is 2.32. The second kappa shape index (κ2) is 7.49. The highest BCUT2D eigenvalue weighted by Crippen LogP contribution is 2.28. The van der Waals surface area contributed by atoms with E-state index < -0.39 is 0 Å². The fraction of sp³-hybridized carbons (Fsp3) is 0.350. The van der Waals surface area contributed by atoms with Gasteiger partial charge in [-0.15, -0.1) is 0 Å². The molecule has 1 aliphatic rings. The van der Waals surface area contributed by atoms with Gasteiger partial charge in [-0.1, -0.05) is 42.5 Å². The molecule has 2 aromatic carbocycles. The van der Waals surface area contributed by atoms with Crippen molar-refractivity contribution in [3.05, 3.63) is 65.7 Å². The van der Waals surface area contributed by atoms with Crippen molar-refractivity contribution < 1.29 is 14.3 Å². The molecule has 24 heavy (non-hydrogen) atoms. The summed E-state index contributed by atoms with van der Waals surface area (Å²) in [5.41, 5.74) is 2.11. The largest absolute Gasteiger partial charge is 0.497 e. The summed E-state index contributed by atoms with van der Waals surface area (Å²) >= 11 is 0. The van der Waals surface area contributed by atoms with Crippen molar-refractivity contribution in [2.45, 2.75) is 25.5 Å². The Hall–Kier alpha value is -2.33. The van der Waals surface area contributed by atoms with E-state index in [0.717, 1.165) is 16.9 Å². The molecule has 0 N–H and O–H groups in total. The van der Waals surface area contributed by atoms with Gasteiger partial charge < -0.3 is 14.4 Å². The van der Waals surface area contributed by atoms with Crippen LogP contribution in [0.1, 0.15) is 24.2 Å². The predicted octanol–water partition coefficient (Wildman–Crippen LogP) is 3.23. The van der Waals surface area contributed by atoms with Crippen molar-refractivity contribution in [3.63, 3.8) is 0 Å². The number of methoxy groups -OCH3 is 1. The minimum atomic E-state index is -0.0697. The Labute approximate surface area is 143 Å². The van der Waals surface area contributed by atoms with Gasteiger partial charge in [0.25, 0.3) is 0 Å². The van der Waals surface area contributed by atoms with Gasteiger partial charge in [-0.3, -0.25) is 4.79 Å². The number of carbonyl (C=O) groups excluding carboxylic acids is 1. The molecular weight excluding hydrogens is 302 g/mol. The maximum atomic E-state index is 12.7. The Bertz CT molecular complexity index is 669. The molecule has 0 bridgehead atoms. The van der Waals surface area contributed by atoms with Gasteiger partial charge in [0.05, 0.1) is 26.2 Å². The molecule has 1 fully saturated rings. The van der Waals surface area contributed by atoms with E-state index in [2.05, 4.69) is 19.1 Å². The van der Waals surface area contributed by atoms with E-state index in [0.29, 0.717) is 19.6 Å². The van der Waals surface area contributed by atoms with Crippen LogP contribution >= 0.6 is 0 Å². The standard InChI is InChI=1S/C20H23NO3/c1-15-20(17-6-4-3-5-7-17)24-13-12-21(15)19(22)14-16-8-10-18(23-2)11-9-16/h3-11,15,20H,12-14H2,1-2H3. The summed E-state index contributed by atoms with van der Waals surface area (Å²) in [5, 5.41) is 0. The molecule has 2 aromatic rings. The third-order valence-corrected chi connectivity index (χ3v) is 4.52. The van der Waals surface area contributed by atoms with Crippen LogP contribution in [0.15, 0.2) is 54.6 Å². The van der Waals surface area contributed by atoms with Crippen LogP contribution in [0.2, 0.25) is 0 Å². The predicted molar refractivity (Wildman–Crippen MR) is 93.0 cm³/mol. The zero-order valence-corrected chi connectivity index (χ0v) is 14.1. The molecule has 1 amide bonds. The molecule has 0 spiro atoms. The zero-order valence-electron chi connectivity index (χ0n) is 14.1. The normalized spacial score (nSPS) is 20.7. The van der Waals surface area contributed by atoms with E-state index in [1.807, 2.05) is 47.4 Å². The SMILES string of the molecule is COc1ccc(CC(=O)N2CCOC(c3ccccc3)C2C)cc1. The number of amides is 1. The van der Waals surface area contributed by atoms with Crippen LogP contribution in [0, 0.1) is 0 Å². The van der Waals surface area contributed by atoms with Gasteiger partial charge >= 0.3 is 0 Å². The van der Waals surface area contributed by atoms with Gasteiger partial charge in [-0.05, 0) is 30.2 Å². The first-order valence-corrected chi connectivity index (χ1v) is 8.28. The summed E-state index contributed by atoms with van der Waals surface area (Å²) in [7, 11) is 1.64. The first kappa shape index (κ1) is 16.5. The fourth-order valence-corrected chi connectivity index (χ4v) is 3.17. The van der Waals surface area contributed by atoms with E-state index in [1.54, 1.807) is 7.11 Å². The van der Waals surface area contributed by atoms with Crippen molar-refractivity contribution in [1.82, 2.24) is 4.90 Å². The molecule has 1 saturated heterocycles. The third kappa shape index (κ3) is 3.60. The summed E-state index contributed by atoms with van der Waals surface area (Å²) in [4.78, 5) is 14.7. The van der Waals surface area contributed by atoms with Crippen LogP contribution in [0.4, 0.5) is 0 Å². The van der Waals surface area contributed by atoms with Crippen molar-refractivity contribution in [3.8, 4) is 5.75 Å². The molecule has 3 rings (SSSR count). The zero-order chi connectivity index (χ0) is 16.9. The van der Waals surface area contributed by atoms with Crippen molar-refractivity contribution in [2.24, 2.45) is 0 Å². The number of morpholine rings is 1. The summed E-state index contributed by atoms with van der Waals surface area (Å²) < 4.78 is 11.1. The van der Waals surface area contributed by atoms with Crippen molar-refractivity contribution >= 4 is 5.91 Å². The molecule has 126 valence electrons. The van der Waals surface area contributed by atoms with Crippen LogP contribution in [0.25, 0.3) is 0 Å². The van der Waals surface area contributed by atoms with Crippen molar-refractivity contribution in [1.29, 1.82) is 0 Å². The summed E-state index contributed by atoms with van der Waals surface area (Å²) in [6, 6.07) is 17.8. The molecule has 1 aliphatic heterocycles. The molecular formula is C20H23NO3. The fourth-order valence-electron chi connectivity index (χ4n) is 3.17. The van der Waals surface area contributed by atoms with Crippen LogP contribution in [-0.2, 0) is 16.0 Å². The lowest BCUT2D eigenvalue weighted by Gasteiger charge is -2.39. The van der Waals surface area contributed by atoms with E-state index in [-0.39, 0.29) is 18.1 Å². The lowest BCUT2D eigenvalue weighted by molar-refractivity contribution is -0.144. The molecule has 0 aliphatic carbocycles. The second-order valence-electron chi connectivity index (χ2n) is 6.05. The highest BCUT2D eigenvalue weighted by molar-refractivity contribution is 5.79. The number of carbonyl (C=O) groups is 1. The molecule has 4 nitrogen and oxygen atoms in total.